The number of phosphoric ester groups is 2. The third-order valence-corrected chi connectivity index (χ3v) is 19.0. The smallest absolute Gasteiger partial charge is 0.462 e. The van der Waals surface area contributed by atoms with Crippen LogP contribution < -0.4 is 0 Å². The first-order valence-corrected chi connectivity index (χ1v) is 40.7. The molecule has 17 nitrogen and oxygen atoms in total. The van der Waals surface area contributed by atoms with E-state index in [-0.39, 0.29) is 25.7 Å². The molecule has 91 heavy (non-hydrogen) atoms. The average Bonchev–Trinajstić information content (AvgIpc) is 3.64. The van der Waals surface area contributed by atoms with Crippen molar-refractivity contribution in [2.75, 3.05) is 39.6 Å². The second kappa shape index (κ2) is 65.4. The van der Waals surface area contributed by atoms with Gasteiger partial charge in [-0.1, -0.05) is 324 Å². The van der Waals surface area contributed by atoms with Crippen LogP contribution in [0.3, 0.4) is 0 Å². The molecule has 0 aliphatic rings. The van der Waals surface area contributed by atoms with Crippen LogP contribution in [0.2, 0.25) is 0 Å². The molecule has 0 aliphatic carbocycles. The molecule has 0 aromatic heterocycles. The summed E-state index contributed by atoms with van der Waals surface area (Å²) in [5, 5.41) is 10.6. The van der Waals surface area contributed by atoms with E-state index >= 15 is 0 Å². The van der Waals surface area contributed by atoms with Crippen molar-refractivity contribution in [2.45, 2.75) is 393 Å². The largest absolute Gasteiger partial charge is 0.472 e. The van der Waals surface area contributed by atoms with E-state index in [1.54, 1.807) is 0 Å². The molecule has 0 saturated carbocycles. The lowest BCUT2D eigenvalue weighted by atomic mass is 9.99. The summed E-state index contributed by atoms with van der Waals surface area (Å²) >= 11 is 0. The third kappa shape index (κ3) is 65.1. The Bertz CT molecular complexity index is 1760. The van der Waals surface area contributed by atoms with Crippen molar-refractivity contribution < 1.29 is 80.2 Å². The molecule has 0 rings (SSSR count). The maximum Gasteiger partial charge on any atom is 0.472 e. The van der Waals surface area contributed by atoms with Gasteiger partial charge in [-0.3, -0.25) is 37.3 Å². The maximum atomic E-state index is 13.0. The van der Waals surface area contributed by atoms with Crippen LogP contribution in [0.15, 0.2) is 0 Å². The Morgan fingerprint density at radius 1 is 0.308 bits per heavy atom. The van der Waals surface area contributed by atoms with E-state index in [1.165, 1.54) is 193 Å². The quantitative estimate of drug-likeness (QED) is 0.0222. The van der Waals surface area contributed by atoms with Gasteiger partial charge < -0.3 is 33.8 Å². The zero-order valence-corrected chi connectivity index (χ0v) is 60.8. The molecule has 0 saturated heterocycles. The number of hydrogen-bond donors (Lipinski definition) is 3. The first-order chi connectivity index (χ1) is 44.1. The highest BCUT2D eigenvalue weighted by Crippen LogP contribution is 2.45. The van der Waals surface area contributed by atoms with E-state index < -0.39 is 97.5 Å². The summed E-state index contributed by atoms with van der Waals surface area (Å²) in [6.45, 7) is 7.28. The Labute approximate surface area is 556 Å². The van der Waals surface area contributed by atoms with Crippen LogP contribution in [0.4, 0.5) is 0 Å². The minimum absolute atomic E-state index is 0.108. The number of esters is 4. The highest BCUT2D eigenvalue weighted by Gasteiger charge is 2.30. The first-order valence-electron chi connectivity index (χ1n) is 37.7. The molecule has 3 N–H and O–H groups in total. The van der Waals surface area contributed by atoms with Crippen molar-refractivity contribution >= 4 is 39.5 Å². The lowest BCUT2D eigenvalue weighted by Crippen LogP contribution is -2.30. The molecule has 0 radical (unpaired) electrons. The molecule has 0 aromatic carbocycles. The minimum Gasteiger partial charge on any atom is -0.462 e. The maximum absolute atomic E-state index is 13.0. The number of rotatable bonds is 72. The van der Waals surface area contributed by atoms with Crippen LogP contribution in [0.1, 0.15) is 375 Å². The lowest BCUT2D eigenvalue weighted by molar-refractivity contribution is -0.161. The van der Waals surface area contributed by atoms with Gasteiger partial charge in [-0.2, -0.15) is 0 Å². The van der Waals surface area contributed by atoms with Crippen molar-refractivity contribution in [3.05, 3.63) is 0 Å². The summed E-state index contributed by atoms with van der Waals surface area (Å²) in [5.74, 6) is -1.31. The first kappa shape index (κ1) is 89.1. The average molecular weight is 1340 g/mol. The molecule has 540 valence electrons. The minimum atomic E-state index is -4.95. The fourth-order valence-corrected chi connectivity index (χ4v) is 12.5. The van der Waals surface area contributed by atoms with Crippen LogP contribution >= 0.6 is 15.6 Å². The Kier molecular flexibility index (Phi) is 64.0. The van der Waals surface area contributed by atoms with Crippen LogP contribution in [-0.2, 0) is 65.4 Å². The normalized spacial score (nSPS) is 14.3. The summed E-state index contributed by atoms with van der Waals surface area (Å²) in [7, 11) is -9.90. The second-order valence-electron chi connectivity index (χ2n) is 26.2. The summed E-state index contributed by atoms with van der Waals surface area (Å²) in [6.07, 6.45) is 52.5. The van der Waals surface area contributed by atoms with Gasteiger partial charge in [0.25, 0.3) is 0 Å². The van der Waals surface area contributed by atoms with Crippen LogP contribution in [0.25, 0.3) is 0 Å². The topological polar surface area (TPSA) is 237 Å². The molecule has 6 atom stereocenters. The molecule has 3 unspecified atom stereocenters. The van der Waals surface area contributed by atoms with Gasteiger partial charge in [0.1, 0.15) is 19.3 Å². The summed E-state index contributed by atoms with van der Waals surface area (Å²) in [5.41, 5.74) is 0. The van der Waals surface area contributed by atoms with E-state index in [4.69, 9.17) is 37.0 Å². The van der Waals surface area contributed by atoms with Gasteiger partial charge in [-0.05, 0) is 31.6 Å². The van der Waals surface area contributed by atoms with Crippen LogP contribution in [-0.4, -0.2) is 96.7 Å². The lowest BCUT2D eigenvalue weighted by Gasteiger charge is -2.21. The number of carbonyl (C=O) groups is 4. The number of unbranched alkanes of at least 4 members (excludes halogenated alkanes) is 43. The molecule has 0 amide bonds. The molecule has 19 heteroatoms. The molecule has 0 fully saturated rings. The van der Waals surface area contributed by atoms with Gasteiger partial charge >= 0.3 is 39.5 Å². The Morgan fingerprint density at radius 2 is 0.527 bits per heavy atom. The van der Waals surface area contributed by atoms with Gasteiger partial charge in [-0.15, -0.1) is 0 Å². The van der Waals surface area contributed by atoms with Crippen molar-refractivity contribution in [1.29, 1.82) is 0 Å². The van der Waals surface area contributed by atoms with E-state index in [9.17, 15) is 43.2 Å². The zero-order valence-electron chi connectivity index (χ0n) is 59.0. The summed E-state index contributed by atoms with van der Waals surface area (Å²) < 4.78 is 68.3. The zero-order chi connectivity index (χ0) is 67.0. The van der Waals surface area contributed by atoms with Gasteiger partial charge in [0.15, 0.2) is 12.2 Å². The van der Waals surface area contributed by atoms with E-state index in [0.717, 1.165) is 102 Å². The molecular weight excluding hydrogens is 1200 g/mol. The van der Waals surface area contributed by atoms with E-state index in [0.29, 0.717) is 25.7 Å². The molecule has 0 heterocycles. The predicted octanol–water partition coefficient (Wildman–Crippen LogP) is 20.9. The highest BCUT2D eigenvalue weighted by molar-refractivity contribution is 7.47. The summed E-state index contributed by atoms with van der Waals surface area (Å²) in [6, 6.07) is 0. The van der Waals surface area contributed by atoms with Gasteiger partial charge in [0, 0.05) is 25.7 Å². The Hall–Kier alpha value is -1.94. The van der Waals surface area contributed by atoms with Crippen molar-refractivity contribution in [2.24, 2.45) is 5.92 Å². The van der Waals surface area contributed by atoms with E-state index in [2.05, 4.69) is 34.6 Å². The molecule has 0 aliphatic heterocycles. The van der Waals surface area contributed by atoms with Gasteiger partial charge in [0.05, 0.1) is 26.4 Å². The van der Waals surface area contributed by atoms with Crippen molar-refractivity contribution in [1.82, 2.24) is 0 Å². The van der Waals surface area contributed by atoms with Gasteiger partial charge in [-0.25, -0.2) is 9.13 Å². The number of aliphatic hydroxyl groups excluding tert-OH is 1. The van der Waals surface area contributed by atoms with Crippen LogP contribution in [0.5, 0.6) is 0 Å². The number of ether oxygens (including phenoxy) is 4. The second-order valence-corrected chi connectivity index (χ2v) is 29.1. The number of phosphoric acid groups is 2. The Balaban J connectivity index is 5.23. The molecular formula is C72H140O17P2. The highest BCUT2D eigenvalue weighted by atomic mass is 31.2. The third-order valence-electron chi connectivity index (χ3n) is 17.1. The molecule has 0 bridgehead atoms. The predicted molar refractivity (Wildman–Crippen MR) is 368 cm³/mol. The van der Waals surface area contributed by atoms with E-state index in [1.807, 2.05) is 0 Å². The SMILES string of the molecule is CCCCCCCCCCCCCCCCCC(=O)O[C@H](COC(=O)CCCCCCCCCCCCC(C)CC)COP(=O)(O)OC[C@@H](O)COP(=O)(O)OC[C@@H](COC(=O)CCCCCCCCCC)OC(=O)CCCCCCCCCCCCCCCC. The molecule has 0 spiro atoms. The van der Waals surface area contributed by atoms with Crippen LogP contribution in [0, 0.1) is 5.92 Å². The fourth-order valence-electron chi connectivity index (χ4n) is 11.0. The monoisotopic (exact) mass is 1340 g/mol. The van der Waals surface area contributed by atoms with Crippen molar-refractivity contribution in [3.8, 4) is 0 Å². The number of carbonyl (C=O) groups excluding carboxylic acids is 4. The molecule has 0 aromatic rings. The summed E-state index contributed by atoms with van der Waals surface area (Å²) in [4.78, 5) is 72.6. The number of aliphatic hydroxyl groups is 1. The number of hydrogen-bond acceptors (Lipinski definition) is 15. The standard InChI is InChI=1S/C72H140O17P2/c1-6-10-13-16-19-22-24-26-28-30-32-38-43-48-53-58-72(77)89-68(62-83-70(75)56-51-46-41-36-34-33-35-39-44-49-54-65(5)9-4)64-87-91(80,81)85-60-66(73)59-84-90(78,79)86-63-67(61-82-69(74)55-50-45-40-21-18-15-12-8-3)88-71(76)57-52-47-42-37-31-29-27-25-23-20-17-14-11-7-2/h65-68,73H,6-64H2,1-5H3,(H,78,79)(H,80,81)/t65?,66-,67+,68+/m0/s1. The fraction of sp³-hybridized carbons (Fsp3) is 0.944. The van der Waals surface area contributed by atoms with Gasteiger partial charge in [0.2, 0.25) is 0 Å². The Morgan fingerprint density at radius 3 is 0.780 bits per heavy atom. The van der Waals surface area contributed by atoms with Crippen molar-refractivity contribution in [3.63, 3.8) is 0 Å².